The molecule has 5 heteroatoms. The molecule has 0 saturated carbocycles. The summed E-state index contributed by atoms with van der Waals surface area (Å²) in [7, 11) is 0. The van der Waals surface area contributed by atoms with Gasteiger partial charge >= 0.3 is 5.97 Å². The molecular formula is C6H10O5. The second-order valence-corrected chi connectivity index (χ2v) is 2.65. The molecule has 1 saturated heterocycles. The van der Waals surface area contributed by atoms with Gasteiger partial charge in [-0.3, -0.25) is 0 Å². The number of aliphatic hydroxyl groups is 2. The maximum atomic E-state index is 10.4. The number of epoxide rings is 1. The lowest BCUT2D eigenvalue weighted by Gasteiger charge is -2.18. The van der Waals surface area contributed by atoms with Crippen LogP contribution in [0.2, 0.25) is 0 Å². The predicted octanol–water partition coefficient (Wildman–Crippen LogP) is -1.42. The van der Waals surface area contributed by atoms with Gasteiger partial charge in [0.2, 0.25) is 0 Å². The molecule has 2 unspecified atom stereocenters. The predicted molar refractivity (Wildman–Crippen MR) is 34.0 cm³/mol. The Morgan fingerprint density at radius 1 is 1.73 bits per heavy atom. The van der Waals surface area contributed by atoms with Crippen molar-refractivity contribution in [3.05, 3.63) is 0 Å². The Morgan fingerprint density at radius 3 is 2.55 bits per heavy atom. The van der Waals surface area contributed by atoms with E-state index in [2.05, 4.69) is 0 Å². The van der Waals surface area contributed by atoms with Crippen LogP contribution in [-0.4, -0.2) is 46.2 Å². The molecule has 2 atom stereocenters. The van der Waals surface area contributed by atoms with Crippen LogP contribution in [0.1, 0.15) is 6.42 Å². The largest absolute Gasteiger partial charge is 0.479 e. The van der Waals surface area contributed by atoms with E-state index in [0.29, 0.717) is 6.61 Å². The topological polar surface area (TPSA) is 90.3 Å². The van der Waals surface area contributed by atoms with Crippen molar-refractivity contribution in [2.45, 2.75) is 18.1 Å². The van der Waals surface area contributed by atoms with Gasteiger partial charge in [-0.2, -0.15) is 0 Å². The number of aliphatic hydroxyl groups excluding tert-OH is 1. The molecule has 0 amide bonds. The van der Waals surface area contributed by atoms with Crippen LogP contribution >= 0.6 is 0 Å². The van der Waals surface area contributed by atoms with Crippen molar-refractivity contribution in [1.29, 1.82) is 0 Å². The normalized spacial score (nSPS) is 27.6. The zero-order chi connectivity index (χ0) is 8.48. The van der Waals surface area contributed by atoms with E-state index in [-0.39, 0.29) is 12.5 Å². The number of rotatable bonds is 4. The minimum absolute atomic E-state index is 0.0428. The van der Waals surface area contributed by atoms with Crippen molar-refractivity contribution < 1.29 is 24.9 Å². The van der Waals surface area contributed by atoms with Gasteiger partial charge in [-0.25, -0.2) is 4.79 Å². The van der Waals surface area contributed by atoms with Crippen LogP contribution in [0.3, 0.4) is 0 Å². The number of carboxylic acid groups (broad SMARTS) is 1. The Bertz CT molecular complexity index is 164. The summed E-state index contributed by atoms with van der Waals surface area (Å²) in [4.78, 5) is 10.4. The molecule has 0 bridgehead atoms. The van der Waals surface area contributed by atoms with Crippen LogP contribution < -0.4 is 0 Å². The van der Waals surface area contributed by atoms with Gasteiger partial charge in [-0.15, -0.1) is 0 Å². The third-order valence-electron chi connectivity index (χ3n) is 1.63. The smallest absolute Gasteiger partial charge is 0.338 e. The first kappa shape index (κ1) is 8.45. The average Bonchev–Trinajstić information content (AvgIpc) is 2.71. The molecule has 1 fully saturated rings. The molecule has 0 aliphatic carbocycles. The Kier molecular flexibility index (Phi) is 2.12. The molecule has 64 valence electrons. The zero-order valence-corrected chi connectivity index (χ0v) is 5.86. The lowest BCUT2D eigenvalue weighted by molar-refractivity contribution is -0.164. The van der Waals surface area contributed by atoms with E-state index >= 15 is 0 Å². The first-order valence-corrected chi connectivity index (χ1v) is 3.27. The molecule has 0 aromatic rings. The lowest BCUT2D eigenvalue weighted by Crippen LogP contribution is -2.43. The van der Waals surface area contributed by atoms with E-state index in [1.807, 2.05) is 0 Å². The summed E-state index contributed by atoms with van der Waals surface area (Å²) >= 11 is 0. The van der Waals surface area contributed by atoms with E-state index in [9.17, 15) is 9.90 Å². The monoisotopic (exact) mass is 162 g/mol. The van der Waals surface area contributed by atoms with E-state index < -0.39 is 18.2 Å². The van der Waals surface area contributed by atoms with Crippen LogP contribution in [0, 0.1) is 0 Å². The van der Waals surface area contributed by atoms with Crippen molar-refractivity contribution >= 4 is 5.97 Å². The van der Waals surface area contributed by atoms with Crippen LogP contribution in [-0.2, 0) is 9.53 Å². The number of ether oxygens (including phenoxy) is 1. The van der Waals surface area contributed by atoms with Crippen LogP contribution in [0.25, 0.3) is 0 Å². The minimum atomic E-state index is -2.03. The van der Waals surface area contributed by atoms with E-state index in [4.69, 9.17) is 14.9 Å². The average molecular weight is 162 g/mol. The highest BCUT2D eigenvalue weighted by atomic mass is 16.6. The number of hydrogen-bond donors (Lipinski definition) is 3. The van der Waals surface area contributed by atoms with Crippen molar-refractivity contribution in [3.8, 4) is 0 Å². The molecule has 0 spiro atoms. The molecular weight excluding hydrogens is 152 g/mol. The molecule has 1 aliphatic rings. The highest BCUT2D eigenvalue weighted by molar-refractivity contribution is 5.77. The third-order valence-corrected chi connectivity index (χ3v) is 1.63. The van der Waals surface area contributed by atoms with Gasteiger partial charge < -0.3 is 20.1 Å². The van der Waals surface area contributed by atoms with E-state index in [1.54, 1.807) is 0 Å². The summed E-state index contributed by atoms with van der Waals surface area (Å²) in [5.74, 6) is -1.41. The van der Waals surface area contributed by atoms with Gasteiger partial charge in [-0.05, 0) is 0 Å². The standard InChI is InChI=1S/C6H10O5/c7-3-6(10,5(8)9)1-4-2-11-4/h4,7,10H,1-3H2,(H,8,9). The summed E-state index contributed by atoms with van der Waals surface area (Å²) in [5, 5.41) is 26.2. The summed E-state index contributed by atoms with van der Waals surface area (Å²) in [6.45, 7) is -0.308. The van der Waals surface area contributed by atoms with Crippen LogP contribution in [0.4, 0.5) is 0 Å². The number of aliphatic carboxylic acids is 1. The fourth-order valence-corrected chi connectivity index (χ4v) is 0.782. The fraction of sp³-hybridized carbons (Fsp3) is 0.833. The number of hydrogen-bond acceptors (Lipinski definition) is 4. The summed E-state index contributed by atoms with van der Waals surface area (Å²) < 4.78 is 4.72. The third kappa shape index (κ3) is 1.89. The van der Waals surface area contributed by atoms with Gasteiger partial charge in [0.15, 0.2) is 5.60 Å². The summed E-state index contributed by atoms with van der Waals surface area (Å²) in [6.07, 6.45) is -0.248. The van der Waals surface area contributed by atoms with E-state index in [1.165, 1.54) is 0 Å². The van der Waals surface area contributed by atoms with Crippen molar-refractivity contribution in [3.63, 3.8) is 0 Å². The molecule has 1 heterocycles. The van der Waals surface area contributed by atoms with Crippen molar-refractivity contribution in [2.75, 3.05) is 13.2 Å². The van der Waals surface area contributed by atoms with Gasteiger partial charge in [0.1, 0.15) is 0 Å². The van der Waals surface area contributed by atoms with Gasteiger partial charge in [-0.1, -0.05) is 0 Å². The van der Waals surface area contributed by atoms with Crippen molar-refractivity contribution in [2.24, 2.45) is 0 Å². The first-order chi connectivity index (χ1) is 5.08. The fourth-order valence-electron chi connectivity index (χ4n) is 0.782. The van der Waals surface area contributed by atoms with Gasteiger partial charge in [0.05, 0.1) is 19.3 Å². The molecule has 3 N–H and O–H groups in total. The zero-order valence-electron chi connectivity index (χ0n) is 5.86. The Balaban J connectivity index is 2.49. The Morgan fingerprint density at radius 2 is 2.27 bits per heavy atom. The van der Waals surface area contributed by atoms with Crippen LogP contribution in [0.5, 0.6) is 0 Å². The van der Waals surface area contributed by atoms with E-state index in [0.717, 1.165) is 0 Å². The molecule has 1 aliphatic heterocycles. The second-order valence-electron chi connectivity index (χ2n) is 2.65. The Hall–Kier alpha value is -0.650. The SMILES string of the molecule is O=C(O)C(O)(CO)CC1CO1. The first-order valence-electron chi connectivity index (χ1n) is 3.27. The highest BCUT2D eigenvalue weighted by Gasteiger charge is 2.41. The molecule has 0 aromatic carbocycles. The lowest BCUT2D eigenvalue weighted by atomic mass is 9.99. The molecule has 1 rings (SSSR count). The quantitative estimate of drug-likeness (QED) is 0.441. The van der Waals surface area contributed by atoms with Crippen LogP contribution in [0.15, 0.2) is 0 Å². The summed E-state index contributed by atoms with van der Waals surface area (Å²) in [6, 6.07) is 0. The highest BCUT2D eigenvalue weighted by Crippen LogP contribution is 2.22. The van der Waals surface area contributed by atoms with Gasteiger partial charge in [0.25, 0.3) is 0 Å². The molecule has 11 heavy (non-hydrogen) atoms. The van der Waals surface area contributed by atoms with Crippen molar-refractivity contribution in [1.82, 2.24) is 0 Å². The summed E-state index contributed by atoms with van der Waals surface area (Å²) in [5.41, 5.74) is -2.03. The molecule has 0 aromatic heterocycles. The Labute approximate surface area is 63.2 Å². The number of carboxylic acids is 1. The number of carbonyl (C=O) groups is 1. The molecule has 0 radical (unpaired) electrons. The second kappa shape index (κ2) is 2.77. The molecule has 5 nitrogen and oxygen atoms in total. The van der Waals surface area contributed by atoms with Gasteiger partial charge in [0, 0.05) is 6.42 Å². The minimum Gasteiger partial charge on any atom is -0.479 e. The maximum Gasteiger partial charge on any atom is 0.338 e. The maximum absolute atomic E-state index is 10.4.